The first kappa shape index (κ1) is 22.6. The van der Waals surface area contributed by atoms with E-state index in [2.05, 4.69) is 10.3 Å². The molecule has 1 aromatic carbocycles. The van der Waals surface area contributed by atoms with Crippen LogP contribution in [-0.2, 0) is 19.6 Å². The maximum absolute atomic E-state index is 12.5. The van der Waals surface area contributed by atoms with Crippen molar-refractivity contribution >= 4 is 67.6 Å². The van der Waals surface area contributed by atoms with Crippen LogP contribution in [0.2, 0.25) is 0 Å². The monoisotopic (exact) mass is 481 g/mol. The number of hydrogen-bond acceptors (Lipinski definition) is 7. The molecule has 0 bridgehead atoms. The Bertz CT molecular complexity index is 1080. The smallest absolute Gasteiger partial charge is 0.266 e. The van der Waals surface area contributed by atoms with E-state index in [0.717, 1.165) is 10.4 Å². The third-order valence-corrected chi connectivity index (χ3v) is 7.59. The molecule has 1 aliphatic heterocycles. The van der Waals surface area contributed by atoms with Gasteiger partial charge in [-0.2, -0.15) is 0 Å². The number of amides is 2. The molecule has 1 aromatic heterocycles. The van der Waals surface area contributed by atoms with Crippen LogP contribution in [0.3, 0.4) is 0 Å². The fourth-order valence-electron chi connectivity index (χ4n) is 2.56. The first-order valence-corrected chi connectivity index (χ1v) is 12.5. The predicted molar refractivity (Wildman–Crippen MR) is 123 cm³/mol. The highest BCUT2D eigenvalue weighted by molar-refractivity contribution is 8.26. The van der Waals surface area contributed by atoms with Crippen molar-refractivity contribution in [3.63, 3.8) is 0 Å². The number of sulfonamides is 1. The van der Waals surface area contributed by atoms with Gasteiger partial charge in [0.25, 0.3) is 15.9 Å². The van der Waals surface area contributed by atoms with Crippen LogP contribution < -0.4 is 10.3 Å². The van der Waals surface area contributed by atoms with E-state index in [0.29, 0.717) is 15.6 Å². The Morgan fingerprint density at radius 3 is 2.63 bits per heavy atom. The van der Waals surface area contributed by atoms with Gasteiger partial charge in [-0.3, -0.25) is 19.9 Å². The number of hydrazine groups is 1. The lowest BCUT2D eigenvalue weighted by molar-refractivity contribution is -0.124. The second kappa shape index (κ2) is 9.84. The van der Waals surface area contributed by atoms with E-state index in [1.165, 1.54) is 40.1 Å². The molecular weight excluding hydrogens is 462 g/mol. The molecule has 1 saturated heterocycles. The molecule has 2 heterocycles. The van der Waals surface area contributed by atoms with Crippen molar-refractivity contribution < 1.29 is 18.0 Å². The van der Waals surface area contributed by atoms with Gasteiger partial charge in [0, 0.05) is 17.8 Å². The van der Waals surface area contributed by atoms with Crippen LogP contribution in [0, 0.1) is 6.92 Å². The molecule has 0 radical (unpaired) electrons. The molecule has 2 amide bonds. The number of nitrogens with zero attached hydrogens (tertiary/aromatic N) is 1. The lowest BCUT2D eigenvalue weighted by Gasteiger charge is -2.14. The van der Waals surface area contributed by atoms with Gasteiger partial charge in [-0.05, 0) is 43.0 Å². The van der Waals surface area contributed by atoms with Crippen LogP contribution in [0.1, 0.15) is 23.3 Å². The van der Waals surface area contributed by atoms with E-state index in [1.54, 1.807) is 18.2 Å². The number of nitrogens with one attached hydrogen (secondary N) is 2. The van der Waals surface area contributed by atoms with Crippen molar-refractivity contribution in [3.05, 3.63) is 57.1 Å². The highest BCUT2D eigenvalue weighted by Crippen LogP contribution is 2.33. The number of thiocarbonyl (C=S) groups is 1. The van der Waals surface area contributed by atoms with Crippen LogP contribution in [0.4, 0.5) is 0 Å². The second-order valence-electron chi connectivity index (χ2n) is 6.42. The van der Waals surface area contributed by atoms with Gasteiger partial charge in [-0.15, -0.1) is 16.2 Å². The quantitative estimate of drug-likeness (QED) is 0.342. The standard InChI is InChI=1S/C19H19N3O4S4/c1-13-6-8-15(9-7-13)30(25,26)21-20-17(23)5-2-10-22-18(24)16(29-19(22)27)12-14-4-3-11-28-14/h3-4,6-9,11-12,21H,2,5,10H2,1H3,(H,20,23). The average molecular weight is 482 g/mol. The SMILES string of the molecule is Cc1ccc(S(=O)(=O)NNC(=O)CCCN2C(=O)C(=Cc3cccs3)SC2=S)cc1. The molecule has 0 atom stereocenters. The summed E-state index contributed by atoms with van der Waals surface area (Å²) in [5, 5.41) is 1.93. The summed E-state index contributed by atoms with van der Waals surface area (Å²) in [6, 6.07) is 10.1. The van der Waals surface area contributed by atoms with E-state index >= 15 is 0 Å². The summed E-state index contributed by atoms with van der Waals surface area (Å²) in [4.78, 5) is 29.6. The van der Waals surface area contributed by atoms with Crippen molar-refractivity contribution in [2.45, 2.75) is 24.7 Å². The Kier molecular flexibility index (Phi) is 7.42. The van der Waals surface area contributed by atoms with Gasteiger partial charge >= 0.3 is 0 Å². The molecule has 1 fully saturated rings. The lowest BCUT2D eigenvalue weighted by atomic mass is 10.2. The lowest BCUT2D eigenvalue weighted by Crippen LogP contribution is -2.41. The summed E-state index contributed by atoms with van der Waals surface area (Å²) in [5.41, 5.74) is 3.12. The van der Waals surface area contributed by atoms with E-state index in [-0.39, 0.29) is 23.8 Å². The molecule has 2 N–H and O–H groups in total. The molecule has 0 saturated carbocycles. The summed E-state index contributed by atoms with van der Waals surface area (Å²) < 4.78 is 24.8. The molecule has 3 rings (SSSR count). The fourth-order valence-corrected chi connectivity index (χ4v) is 5.45. The Labute approximate surface area is 188 Å². The fraction of sp³-hybridized carbons (Fsp3) is 0.211. The summed E-state index contributed by atoms with van der Waals surface area (Å²) >= 11 is 8.04. The first-order chi connectivity index (χ1) is 14.3. The number of carbonyl (C=O) groups is 2. The number of thioether (sulfide) groups is 1. The molecule has 30 heavy (non-hydrogen) atoms. The molecule has 0 unspecified atom stereocenters. The van der Waals surface area contributed by atoms with Gasteiger partial charge in [-0.1, -0.05) is 47.7 Å². The molecule has 0 aliphatic carbocycles. The van der Waals surface area contributed by atoms with Gasteiger partial charge in [-0.25, -0.2) is 8.42 Å². The van der Waals surface area contributed by atoms with Gasteiger partial charge < -0.3 is 0 Å². The Hall–Kier alpha value is -2.05. The second-order valence-corrected chi connectivity index (χ2v) is 10.8. The highest BCUT2D eigenvalue weighted by atomic mass is 32.2. The number of aryl methyl sites for hydroxylation is 1. The molecule has 7 nitrogen and oxygen atoms in total. The third-order valence-electron chi connectivity index (χ3n) is 4.13. The predicted octanol–water partition coefficient (Wildman–Crippen LogP) is 3.05. The largest absolute Gasteiger partial charge is 0.293 e. The maximum Gasteiger partial charge on any atom is 0.266 e. The number of thiophene rings is 1. The number of rotatable bonds is 8. The van der Waals surface area contributed by atoms with Crippen molar-refractivity contribution in [1.82, 2.24) is 15.2 Å². The van der Waals surface area contributed by atoms with Gasteiger partial charge in [0.1, 0.15) is 4.32 Å². The normalized spacial score (nSPS) is 15.8. The summed E-state index contributed by atoms with van der Waals surface area (Å²) in [7, 11) is -3.84. The van der Waals surface area contributed by atoms with Crippen molar-refractivity contribution in [3.8, 4) is 0 Å². The van der Waals surface area contributed by atoms with Crippen LogP contribution in [-0.4, -0.2) is 36.0 Å². The zero-order valence-corrected chi connectivity index (χ0v) is 19.2. The van der Waals surface area contributed by atoms with Crippen LogP contribution >= 0.6 is 35.3 Å². The molecular formula is C19H19N3O4S4. The highest BCUT2D eigenvalue weighted by Gasteiger charge is 2.31. The minimum Gasteiger partial charge on any atom is -0.293 e. The van der Waals surface area contributed by atoms with E-state index in [1.807, 2.05) is 24.4 Å². The Balaban J connectivity index is 1.47. The third kappa shape index (κ3) is 5.76. The van der Waals surface area contributed by atoms with Gasteiger partial charge in [0.2, 0.25) is 5.91 Å². The van der Waals surface area contributed by atoms with E-state index in [4.69, 9.17) is 12.2 Å². The summed E-state index contributed by atoms with van der Waals surface area (Å²) in [6.45, 7) is 2.13. The molecule has 2 aromatic rings. The minimum atomic E-state index is -3.84. The van der Waals surface area contributed by atoms with E-state index < -0.39 is 15.9 Å². The molecule has 158 valence electrons. The minimum absolute atomic E-state index is 0.0391. The molecule has 1 aliphatic rings. The Morgan fingerprint density at radius 2 is 1.97 bits per heavy atom. The molecule has 11 heteroatoms. The van der Waals surface area contributed by atoms with Crippen molar-refractivity contribution in [2.75, 3.05) is 6.54 Å². The van der Waals surface area contributed by atoms with Gasteiger partial charge in [0.15, 0.2) is 0 Å². The zero-order valence-electron chi connectivity index (χ0n) is 16.0. The maximum atomic E-state index is 12.5. The topological polar surface area (TPSA) is 95.6 Å². The summed E-state index contributed by atoms with van der Waals surface area (Å²) in [5.74, 6) is -0.677. The number of hydrogen-bond donors (Lipinski definition) is 2. The van der Waals surface area contributed by atoms with Crippen molar-refractivity contribution in [2.24, 2.45) is 0 Å². The first-order valence-electron chi connectivity index (χ1n) is 8.92. The van der Waals surface area contributed by atoms with Gasteiger partial charge in [0.05, 0.1) is 9.80 Å². The number of benzene rings is 1. The zero-order chi connectivity index (χ0) is 21.7. The summed E-state index contributed by atoms with van der Waals surface area (Å²) in [6.07, 6.45) is 2.19. The average Bonchev–Trinajstić information content (AvgIpc) is 3.30. The van der Waals surface area contributed by atoms with Crippen LogP contribution in [0.25, 0.3) is 6.08 Å². The molecule has 0 spiro atoms. The Morgan fingerprint density at radius 1 is 1.23 bits per heavy atom. The van der Waals surface area contributed by atoms with Crippen LogP contribution in [0.5, 0.6) is 0 Å². The van der Waals surface area contributed by atoms with Crippen molar-refractivity contribution in [1.29, 1.82) is 0 Å². The van der Waals surface area contributed by atoms with Crippen LogP contribution in [0.15, 0.2) is 51.6 Å². The van der Waals surface area contributed by atoms with E-state index in [9.17, 15) is 18.0 Å². The number of carbonyl (C=O) groups excluding carboxylic acids is 2.